The molecule has 0 spiro atoms. The average Bonchev–Trinajstić information content (AvgIpc) is 2.98. The summed E-state index contributed by atoms with van der Waals surface area (Å²) in [7, 11) is -0.0362. The van der Waals surface area contributed by atoms with E-state index >= 15 is 0 Å². The second kappa shape index (κ2) is 5.94. The molecule has 0 bridgehead atoms. The lowest BCUT2D eigenvalue weighted by molar-refractivity contribution is 0.356. The number of hydrogen-bond acceptors (Lipinski definition) is 6. The van der Waals surface area contributed by atoms with Crippen LogP contribution in [0.4, 0.5) is 11.6 Å². The van der Waals surface area contributed by atoms with Gasteiger partial charge in [-0.05, 0) is 37.6 Å². The fraction of sp³-hybridized carbons (Fsp3) is 0.375. The van der Waals surface area contributed by atoms with Crippen LogP contribution in [0.2, 0.25) is 0 Å². The molecule has 1 aliphatic heterocycles. The highest BCUT2D eigenvalue weighted by atomic mass is 32.2. The standard InChI is InChI=1S/C16H20N4O3S/c1-10-15(11(2)18-16(17-10)20(3)4)19-24(21,22)13-5-6-14-12(9-13)7-8-23-14/h5-6,9,19H,7-8H2,1-4H3. The van der Waals surface area contributed by atoms with Gasteiger partial charge in [0, 0.05) is 20.5 Å². The highest BCUT2D eigenvalue weighted by Gasteiger charge is 2.21. The highest BCUT2D eigenvalue weighted by Crippen LogP contribution is 2.29. The van der Waals surface area contributed by atoms with Gasteiger partial charge in [-0.2, -0.15) is 0 Å². The lowest BCUT2D eigenvalue weighted by atomic mass is 10.2. The summed E-state index contributed by atoms with van der Waals surface area (Å²) >= 11 is 0. The number of nitrogens with one attached hydrogen (secondary N) is 1. The quantitative estimate of drug-likeness (QED) is 0.908. The monoisotopic (exact) mass is 348 g/mol. The number of nitrogens with zero attached hydrogens (tertiary/aromatic N) is 3. The van der Waals surface area contributed by atoms with Crippen molar-refractivity contribution < 1.29 is 13.2 Å². The zero-order valence-corrected chi connectivity index (χ0v) is 14.9. The van der Waals surface area contributed by atoms with Gasteiger partial charge in [-0.1, -0.05) is 0 Å². The molecular weight excluding hydrogens is 328 g/mol. The van der Waals surface area contributed by atoms with Crippen molar-refractivity contribution in [2.24, 2.45) is 0 Å². The van der Waals surface area contributed by atoms with Gasteiger partial charge in [0.15, 0.2) is 0 Å². The zero-order valence-electron chi connectivity index (χ0n) is 14.1. The average molecular weight is 348 g/mol. The molecule has 1 aromatic carbocycles. The zero-order chi connectivity index (χ0) is 17.5. The Bertz CT molecular complexity index is 871. The predicted octanol–water partition coefficient (Wildman–Crippen LogP) is 1.90. The van der Waals surface area contributed by atoms with Crippen molar-refractivity contribution in [2.75, 3.05) is 30.3 Å². The molecule has 8 heteroatoms. The number of anilines is 2. The highest BCUT2D eigenvalue weighted by molar-refractivity contribution is 7.92. The number of rotatable bonds is 4. The maximum absolute atomic E-state index is 12.7. The van der Waals surface area contributed by atoms with E-state index in [1.807, 2.05) is 14.1 Å². The molecule has 1 aromatic heterocycles. The summed E-state index contributed by atoms with van der Waals surface area (Å²) in [6.45, 7) is 4.11. The van der Waals surface area contributed by atoms with Crippen molar-refractivity contribution in [3.8, 4) is 5.75 Å². The Morgan fingerprint density at radius 2 is 1.83 bits per heavy atom. The van der Waals surface area contributed by atoms with Crippen LogP contribution >= 0.6 is 0 Å². The fourth-order valence-corrected chi connectivity index (χ4v) is 3.80. The Kier molecular flexibility index (Phi) is 4.08. The van der Waals surface area contributed by atoms with E-state index in [9.17, 15) is 8.42 Å². The Morgan fingerprint density at radius 1 is 1.17 bits per heavy atom. The molecule has 1 aliphatic rings. The van der Waals surface area contributed by atoms with Crippen LogP contribution in [0.25, 0.3) is 0 Å². The number of ether oxygens (including phenoxy) is 1. The van der Waals surface area contributed by atoms with Crippen LogP contribution in [0.3, 0.4) is 0 Å². The smallest absolute Gasteiger partial charge is 0.262 e. The molecule has 128 valence electrons. The number of sulfonamides is 1. The first-order valence-corrected chi connectivity index (χ1v) is 9.07. The third kappa shape index (κ3) is 3.01. The van der Waals surface area contributed by atoms with Gasteiger partial charge in [-0.25, -0.2) is 18.4 Å². The second-order valence-corrected chi connectivity index (χ2v) is 7.62. The number of hydrogen-bond donors (Lipinski definition) is 1. The number of aromatic nitrogens is 2. The first-order chi connectivity index (χ1) is 11.3. The molecule has 0 amide bonds. The SMILES string of the molecule is Cc1nc(N(C)C)nc(C)c1NS(=O)(=O)c1ccc2c(c1)CCO2. The summed E-state index contributed by atoms with van der Waals surface area (Å²) in [6.07, 6.45) is 0.720. The van der Waals surface area contributed by atoms with Crippen LogP contribution in [-0.4, -0.2) is 39.1 Å². The third-order valence-corrected chi connectivity index (χ3v) is 5.21. The number of benzene rings is 1. The van der Waals surface area contributed by atoms with Gasteiger partial charge in [-0.3, -0.25) is 4.72 Å². The van der Waals surface area contributed by atoms with Gasteiger partial charge in [-0.15, -0.1) is 0 Å². The molecule has 2 aromatic rings. The Morgan fingerprint density at radius 3 is 2.46 bits per heavy atom. The molecule has 2 heterocycles. The van der Waals surface area contributed by atoms with Crippen LogP contribution in [0, 0.1) is 13.8 Å². The summed E-state index contributed by atoms with van der Waals surface area (Å²) in [5.74, 6) is 1.29. The van der Waals surface area contributed by atoms with E-state index in [0.717, 1.165) is 17.7 Å². The van der Waals surface area contributed by atoms with Gasteiger partial charge in [0.25, 0.3) is 10.0 Å². The van der Waals surface area contributed by atoms with E-state index in [0.29, 0.717) is 29.6 Å². The molecule has 0 fully saturated rings. The van der Waals surface area contributed by atoms with Gasteiger partial charge in [0.1, 0.15) is 5.75 Å². The number of fused-ring (bicyclic) bond motifs is 1. The summed E-state index contributed by atoms with van der Waals surface area (Å²) in [5, 5.41) is 0. The van der Waals surface area contributed by atoms with Crippen molar-refractivity contribution in [3.05, 3.63) is 35.2 Å². The summed E-state index contributed by atoms with van der Waals surface area (Å²) < 4.78 is 33.4. The third-order valence-electron chi connectivity index (χ3n) is 3.87. The molecule has 1 N–H and O–H groups in total. The van der Waals surface area contributed by atoms with Gasteiger partial charge < -0.3 is 9.64 Å². The maximum Gasteiger partial charge on any atom is 0.262 e. The van der Waals surface area contributed by atoms with Crippen molar-refractivity contribution >= 4 is 21.7 Å². The molecule has 24 heavy (non-hydrogen) atoms. The minimum Gasteiger partial charge on any atom is -0.493 e. The molecule has 0 radical (unpaired) electrons. The Hall–Kier alpha value is -2.35. The minimum absolute atomic E-state index is 0.210. The lowest BCUT2D eigenvalue weighted by Crippen LogP contribution is -2.19. The van der Waals surface area contributed by atoms with E-state index in [1.54, 1.807) is 36.9 Å². The maximum atomic E-state index is 12.7. The molecule has 3 rings (SSSR count). The largest absolute Gasteiger partial charge is 0.493 e. The molecule has 0 saturated carbocycles. The van der Waals surface area contributed by atoms with E-state index in [-0.39, 0.29) is 4.90 Å². The second-order valence-electron chi connectivity index (χ2n) is 5.94. The minimum atomic E-state index is -3.71. The van der Waals surface area contributed by atoms with E-state index in [1.165, 1.54) is 0 Å². The Balaban J connectivity index is 1.95. The fourth-order valence-electron chi connectivity index (χ4n) is 2.57. The molecule has 0 atom stereocenters. The van der Waals surface area contributed by atoms with Crippen molar-refractivity contribution in [2.45, 2.75) is 25.2 Å². The molecule has 0 aliphatic carbocycles. The van der Waals surface area contributed by atoms with Crippen LogP contribution in [0.5, 0.6) is 5.75 Å². The molecule has 0 saturated heterocycles. The van der Waals surface area contributed by atoms with Crippen LogP contribution in [-0.2, 0) is 16.4 Å². The number of aryl methyl sites for hydroxylation is 2. The predicted molar refractivity (Wildman–Crippen MR) is 92.3 cm³/mol. The van der Waals surface area contributed by atoms with Gasteiger partial charge >= 0.3 is 0 Å². The lowest BCUT2D eigenvalue weighted by Gasteiger charge is -2.16. The van der Waals surface area contributed by atoms with Crippen molar-refractivity contribution in [1.82, 2.24) is 9.97 Å². The normalized spacial score (nSPS) is 13.3. The van der Waals surface area contributed by atoms with Crippen molar-refractivity contribution in [1.29, 1.82) is 0 Å². The molecule has 0 unspecified atom stereocenters. The first kappa shape index (κ1) is 16.5. The van der Waals surface area contributed by atoms with Crippen LogP contribution in [0.1, 0.15) is 17.0 Å². The molecule has 7 nitrogen and oxygen atoms in total. The van der Waals surface area contributed by atoms with Gasteiger partial charge in [0.05, 0.1) is 28.6 Å². The Labute approximate surface area is 141 Å². The van der Waals surface area contributed by atoms with Crippen LogP contribution < -0.4 is 14.4 Å². The summed E-state index contributed by atoms with van der Waals surface area (Å²) in [5.41, 5.74) is 2.49. The van der Waals surface area contributed by atoms with E-state index in [2.05, 4.69) is 14.7 Å². The summed E-state index contributed by atoms with van der Waals surface area (Å²) in [6, 6.07) is 4.90. The van der Waals surface area contributed by atoms with Crippen LogP contribution in [0.15, 0.2) is 23.1 Å². The summed E-state index contributed by atoms with van der Waals surface area (Å²) in [4.78, 5) is 10.7. The molecular formula is C16H20N4O3S. The van der Waals surface area contributed by atoms with E-state index < -0.39 is 10.0 Å². The topological polar surface area (TPSA) is 84.4 Å². The van der Waals surface area contributed by atoms with Gasteiger partial charge in [0.2, 0.25) is 5.95 Å². The van der Waals surface area contributed by atoms with Crippen molar-refractivity contribution in [3.63, 3.8) is 0 Å². The van der Waals surface area contributed by atoms with E-state index in [4.69, 9.17) is 4.74 Å². The first-order valence-electron chi connectivity index (χ1n) is 7.59.